The van der Waals surface area contributed by atoms with E-state index in [1.54, 1.807) is 0 Å². The number of hydrogen-bond donors (Lipinski definition) is 3. The maximum atomic E-state index is 12.4. The monoisotopic (exact) mass is 385 g/mol. The van der Waals surface area contributed by atoms with E-state index in [-0.39, 0.29) is 29.8 Å². The molecule has 1 aliphatic rings. The highest BCUT2D eigenvalue weighted by Crippen LogP contribution is 2.29. The second kappa shape index (κ2) is 9.20. The summed E-state index contributed by atoms with van der Waals surface area (Å²) in [6.07, 6.45) is 1.85. The van der Waals surface area contributed by atoms with Gasteiger partial charge in [-0.2, -0.15) is 0 Å². The quantitative estimate of drug-likeness (QED) is 0.606. The molecule has 0 aliphatic carbocycles. The number of carbonyl (C=O) groups excluding carboxylic acids is 1. The molecule has 8 nitrogen and oxygen atoms in total. The molecular weight excluding hydrogens is 358 g/mol. The Kier molecular flexibility index (Phi) is 7.24. The standard InChI is InChI=1S/C17H27N3O5S/c1-12-10-13(6-8-18-12)20-17(21)7-9-19-26(22,23)14-4-5-15(24-2)16(11-14)25-3/h4-5,11-13,18-19H,6-10H2,1-3H3,(H,20,21). The van der Waals surface area contributed by atoms with Crippen LogP contribution in [-0.4, -0.2) is 53.7 Å². The Morgan fingerprint density at radius 2 is 2.00 bits per heavy atom. The SMILES string of the molecule is COc1ccc(S(=O)(=O)NCCC(=O)NC2CCNC(C)C2)cc1OC. The molecule has 1 aromatic rings. The molecule has 26 heavy (non-hydrogen) atoms. The maximum absolute atomic E-state index is 12.4. The van der Waals surface area contributed by atoms with Gasteiger partial charge in [0.1, 0.15) is 0 Å². The lowest BCUT2D eigenvalue weighted by Gasteiger charge is -2.28. The summed E-state index contributed by atoms with van der Waals surface area (Å²) in [6, 6.07) is 4.86. The van der Waals surface area contributed by atoms with Crippen molar-refractivity contribution in [3.63, 3.8) is 0 Å². The molecule has 0 aromatic heterocycles. The van der Waals surface area contributed by atoms with Crippen molar-refractivity contribution in [2.45, 2.75) is 43.2 Å². The fourth-order valence-electron chi connectivity index (χ4n) is 2.93. The van der Waals surface area contributed by atoms with Crippen LogP contribution in [0.5, 0.6) is 11.5 Å². The number of amides is 1. The Morgan fingerprint density at radius 1 is 1.27 bits per heavy atom. The first-order valence-corrected chi connectivity index (χ1v) is 10.1. The Labute approximate surface area is 154 Å². The normalized spacial score (nSPS) is 20.4. The molecule has 0 bridgehead atoms. The molecule has 2 atom stereocenters. The van der Waals surface area contributed by atoms with Crippen LogP contribution in [-0.2, 0) is 14.8 Å². The molecule has 1 amide bonds. The van der Waals surface area contributed by atoms with Gasteiger partial charge in [0, 0.05) is 31.1 Å². The summed E-state index contributed by atoms with van der Waals surface area (Å²) in [4.78, 5) is 12.1. The van der Waals surface area contributed by atoms with Crippen LogP contribution in [0.2, 0.25) is 0 Å². The lowest BCUT2D eigenvalue weighted by Crippen LogP contribution is -2.47. The van der Waals surface area contributed by atoms with Crippen LogP contribution in [0.4, 0.5) is 0 Å². The number of carbonyl (C=O) groups is 1. The van der Waals surface area contributed by atoms with Gasteiger partial charge in [0.15, 0.2) is 11.5 Å². The van der Waals surface area contributed by atoms with E-state index in [2.05, 4.69) is 22.3 Å². The summed E-state index contributed by atoms with van der Waals surface area (Å²) in [5, 5.41) is 6.28. The largest absolute Gasteiger partial charge is 0.493 e. The summed E-state index contributed by atoms with van der Waals surface area (Å²) in [7, 11) is -0.815. The van der Waals surface area contributed by atoms with E-state index in [1.165, 1.54) is 32.4 Å². The highest BCUT2D eigenvalue weighted by molar-refractivity contribution is 7.89. The highest BCUT2D eigenvalue weighted by Gasteiger charge is 2.21. The predicted octanol–water partition coefficient (Wildman–Crippen LogP) is 0.629. The van der Waals surface area contributed by atoms with Crippen LogP contribution in [0, 0.1) is 0 Å². The van der Waals surface area contributed by atoms with Crippen LogP contribution < -0.4 is 24.8 Å². The van der Waals surface area contributed by atoms with Crippen molar-refractivity contribution in [3.8, 4) is 11.5 Å². The van der Waals surface area contributed by atoms with Crippen molar-refractivity contribution in [1.82, 2.24) is 15.4 Å². The minimum Gasteiger partial charge on any atom is -0.493 e. The molecule has 2 unspecified atom stereocenters. The first-order valence-electron chi connectivity index (χ1n) is 8.60. The molecular formula is C17H27N3O5S. The Balaban J connectivity index is 1.87. The van der Waals surface area contributed by atoms with Gasteiger partial charge in [-0.25, -0.2) is 13.1 Å². The summed E-state index contributed by atoms with van der Waals surface area (Å²) in [6.45, 7) is 2.98. The van der Waals surface area contributed by atoms with E-state index in [9.17, 15) is 13.2 Å². The highest BCUT2D eigenvalue weighted by atomic mass is 32.2. The number of rotatable bonds is 8. The van der Waals surface area contributed by atoms with Crippen molar-refractivity contribution >= 4 is 15.9 Å². The number of benzene rings is 1. The predicted molar refractivity (Wildman–Crippen MR) is 98.0 cm³/mol. The second-order valence-corrected chi connectivity index (χ2v) is 8.08. The maximum Gasteiger partial charge on any atom is 0.240 e. The van der Waals surface area contributed by atoms with Gasteiger partial charge in [-0.15, -0.1) is 0 Å². The summed E-state index contributed by atoms with van der Waals surface area (Å²) < 4.78 is 37.4. The van der Waals surface area contributed by atoms with Gasteiger partial charge in [-0.3, -0.25) is 4.79 Å². The van der Waals surface area contributed by atoms with Crippen LogP contribution in [0.3, 0.4) is 0 Å². The van der Waals surface area contributed by atoms with Crippen molar-refractivity contribution in [1.29, 1.82) is 0 Å². The van der Waals surface area contributed by atoms with E-state index in [0.717, 1.165) is 19.4 Å². The lowest BCUT2D eigenvalue weighted by molar-refractivity contribution is -0.121. The number of hydrogen-bond acceptors (Lipinski definition) is 6. The molecule has 3 N–H and O–H groups in total. The third-order valence-electron chi connectivity index (χ3n) is 4.30. The number of methoxy groups -OCH3 is 2. The van der Waals surface area contributed by atoms with Gasteiger partial charge < -0.3 is 20.1 Å². The summed E-state index contributed by atoms with van der Waals surface area (Å²) in [5.74, 6) is 0.620. The summed E-state index contributed by atoms with van der Waals surface area (Å²) >= 11 is 0. The van der Waals surface area contributed by atoms with Crippen molar-refractivity contribution in [2.75, 3.05) is 27.3 Å². The third-order valence-corrected chi connectivity index (χ3v) is 5.76. The molecule has 1 fully saturated rings. The molecule has 1 aromatic carbocycles. The van der Waals surface area contributed by atoms with E-state index in [1.807, 2.05) is 0 Å². The fraction of sp³-hybridized carbons (Fsp3) is 0.588. The fourth-order valence-corrected chi connectivity index (χ4v) is 3.98. The lowest BCUT2D eigenvalue weighted by atomic mass is 10.0. The smallest absolute Gasteiger partial charge is 0.240 e. The van der Waals surface area contributed by atoms with Crippen LogP contribution in [0.1, 0.15) is 26.2 Å². The number of sulfonamides is 1. The number of nitrogens with one attached hydrogen (secondary N) is 3. The van der Waals surface area contributed by atoms with Crippen LogP contribution >= 0.6 is 0 Å². The Bertz CT molecular complexity index is 723. The van der Waals surface area contributed by atoms with Gasteiger partial charge in [0.05, 0.1) is 19.1 Å². The van der Waals surface area contributed by atoms with Gasteiger partial charge in [0.25, 0.3) is 0 Å². The molecule has 1 aliphatic heterocycles. The van der Waals surface area contributed by atoms with Crippen LogP contribution in [0.25, 0.3) is 0 Å². The topological polar surface area (TPSA) is 106 Å². The van der Waals surface area contributed by atoms with Crippen molar-refractivity contribution in [2.24, 2.45) is 0 Å². The summed E-state index contributed by atoms with van der Waals surface area (Å²) in [5.41, 5.74) is 0. The molecule has 1 heterocycles. The first kappa shape index (κ1) is 20.5. The van der Waals surface area contributed by atoms with Crippen molar-refractivity contribution in [3.05, 3.63) is 18.2 Å². The van der Waals surface area contributed by atoms with Crippen LogP contribution in [0.15, 0.2) is 23.1 Å². The molecule has 9 heteroatoms. The van der Waals surface area contributed by atoms with Gasteiger partial charge in [-0.05, 0) is 38.4 Å². The zero-order valence-corrected chi connectivity index (χ0v) is 16.2. The van der Waals surface area contributed by atoms with E-state index in [4.69, 9.17) is 9.47 Å². The van der Waals surface area contributed by atoms with Gasteiger partial charge in [0.2, 0.25) is 15.9 Å². The molecule has 2 rings (SSSR count). The minimum absolute atomic E-state index is 0.0308. The zero-order chi connectivity index (χ0) is 19.2. The average Bonchev–Trinajstić information content (AvgIpc) is 2.60. The number of ether oxygens (including phenoxy) is 2. The molecule has 0 saturated carbocycles. The Morgan fingerprint density at radius 3 is 2.65 bits per heavy atom. The molecule has 0 spiro atoms. The minimum atomic E-state index is -3.73. The third kappa shape index (κ3) is 5.58. The molecule has 0 radical (unpaired) electrons. The molecule has 146 valence electrons. The van der Waals surface area contributed by atoms with E-state index < -0.39 is 10.0 Å². The Hall–Kier alpha value is -1.84. The molecule has 1 saturated heterocycles. The second-order valence-electron chi connectivity index (χ2n) is 6.31. The average molecular weight is 385 g/mol. The van der Waals surface area contributed by atoms with Gasteiger partial charge in [-0.1, -0.05) is 0 Å². The first-order chi connectivity index (χ1) is 12.4. The van der Waals surface area contributed by atoms with Crippen molar-refractivity contribution < 1.29 is 22.7 Å². The van der Waals surface area contributed by atoms with E-state index >= 15 is 0 Å². The van der Waals surface area contributed by atoms with Gasteiger partial charge >= 0.3 is 0 Å². The number of piperidine rings is 1. The zero-order valence-electron chi connectivity index (χ0n) is 15.4. The van der Waals surface area contributed by atoms with E-state index in [0.29, 0.717) is 17.5 Å².